The minimum Gasteiger partial charge on any atom is -0.381 e. The van der Waals surface area contributed by atoms with Gasteiger partial charge in [0.05, 0.1) is 6.07 Å². The molecular weight excluding hydrogens is 148 g/mol. The molecule has 0 unspecified atom stereocenters. The van der Waals surface area contributed by atoms with Gasteiger partial charge in [-0.05, 0) is 13.0 Å². The molecule has 0 aromatic heterocycles. The second-order valence-corrected chi connectivity index (χ2v) is 2.58. The predicted molar refractivity (Wildman–Crippen MR) is 51.3 cm³/mol. The van der Waals surface area contributed by atoms with Crippen LogP contribution in [0.3, 0.4) is 0 Å². The molecular formula is C10H14N2. The lowest BCUT2D eigenvalue weighted by Gasteiger charge is -2.10. The molecule has 0 aliphatic rings. The fourth-order valence-electron chi connectivity index (χ4n) is 0.507. The summed E-state index contributed by atoms with van der Waals surface area (Å²) in [4.78, 5) is 2.03. The first-order valence-corrected chi connectivity index (χ1v) is 3.75. The molecule has 0 radical (unpaired) electrons. The van der Waals surface area contributed by atoms with Crippen molar-refractivity contribution in [3.8, 4) is 6.07 Å². The smallest absolute Gasteiger partial charge is 0.0912 e. The van der Waals surface area contributed by atoms with Crippen LogP contribution in [0.25, 0.3) is 0 Å². The molecule has 12 heavy (non-hydrogen) atoms. The molecule has 0 aliphatic carbocycles. The van der Waals surface area contributed by atoms with E-state index in [0.29, 0.717) is 0 Å². The van der Waals surface area contributed by atoms with Crippen LogP contribution in [-0.4, -0.2) is 19.0 Å². The lowest BCUT2D eigenvalue weighted by Crippen LogP contribution is -2.07. The van der Waals surface area contributed by atoms with Crippen LogP contribution >= 0.6 is 0 Å². The lowest BCUT2D eigenvalue weighted by atomic mass is 10.3. The molecule has 0 rings (SSSR count). The van der Waals surface area contributed by atoms with Gasteiger partial charge < -0.3 is 4.90 Å². The molecule has 0 saturated heterocycles. The summed E-state index contributed by atoms with van der Waals surface area (Å²) in [6, 6.07) is 1.92. The number of allylic oxidation sites excluding steroid dienone is 6. The number of rotatable bonds is 3. The van der Waals surface area contributed by atoms with Crippen LogP contribution in [0.2, 0.25) is 0 Å². The first-order valence-electron chi connectivity index (χ1n) is 3.75. The number of hydrogen-bond acceptors (Lipinski definition) is 2. The average molecular weight is 162 g/mol. The van der Waals surface area contributed by atoms with Crippen molar-refractivity contribution in [1.29, 1.82) is 5.26 Å². The zero-order valence-electron chi connectivity index (χ0n) is 7.78. The van der Waals surface area contributed by atoms with Gasteiger partial charge in [0.2, 0.25) is 0 Å². The molecule has 64 valence electrons. The Bertz CT molecular complexity index is 239. The second kappa shape index (κ2) is 6.23. The Morgan fingerprint density at radius 2 is 1.92 bits per heavy atom. The summed E-state index contributed by atoms with van der Waals surface area (Å²) < 4.78 is 0. The Hall–Kier alpha value is -1.49. The Balaban J connectivity index is 3.97. The highest BCUT2D eigenvalue weighted by molar-refractivity contribution is 5.17. The molecule has 0 aliphatic heterocycles. The van der Waals surface area contributed by atoms with Crippen LogP contribution in [0.15, 0.2) is 36.1 Å². The number of hydrogen-bond donors (Lipinski definition) is 0. The summed E-state index contributed by atoms with van der Waals surface area (Å²) in [5, 5.41) is 8.17. The highest BCUT2D eigenvalue weighted by Crippen LogP contribution is 1.95. The highest BCUT2D eigenvalue weighted by Gasteiger charge is 1.85. The first kappa shape index (κ1) is 10.5. The van der Waals surface area contributed by atoms with Gasteiger partial charge in [0.1, 0.15) is 0 Å². The summed E-state index contributed by atoms with van der Waals surface area (Å²) in [5.74, 6) is 0. The van der Waals surface area contributed by atoms with Crippen molar-refractivity contribution < 1.29 is 0 Å². The van der Waals surface area contributed by atoms with E-state index in [1.807, 2.05) is 50.2 Å². The van der Waals surface area contributed by atoms with Gasteiger partial charge in [-0.15, -0.1) is 0 Å². The van der Waals surface area contributed by atoms with E-state index in [1.54, 1.807) is 6.08 Å². The van der Waals surface area contributed by atoms with Gasteiger partial charge in [0.25, 0.3) is 0 Å². The van der Waals surface area contributed by atoms with E-state index in [4.69, 9.17) is 5.26 Å². The minimum absolute atomic E-state index is 1.18. The summed E-state index contributed by atoms with van der Waals surface area (Å²) in [6.45, 7) is 2.03. The molecule has 0 saturated carbocycles. The predicted octanol–water partition coefficient (Wildman–Crippen LogP) is 2.09. The zero-order chi connectivity index (χ0) is 9.40. The Labute approximate surface area is 74.1 Å². The van der Waals surface area contributed by atoms with Crippen molar-refractivity contribution in [2.45, 2.75) is 6.92 Å². The van der Waals surface area contributed by atoms with Crippen LogP contribution < -0.4 is 0 Å². The number of nitrogens with zero attached hydrogens (tertiary/aromatic N) is 2. The summed E-state index contributed by atoms with van der Waals surface area (Å²) in [5.41, 5.74) is 1.18. The van der Waals surface area contributed by atoms with Gasteiger partial charge in [-0.1, -0.05) is 18.2 Å². The quantitative estimate of drug-likeness (QED) is 0.469. The Morgan fingerprint density at radius 3 is 2.42 bits per heavy atom. The van der Waals surface area contributed by atoms with E-state index < -0.39 is 0 Å². The van der Waals surface area contributed by atoms with Gasteiger partial charge in [-0.3, -0.25) is 0 Å². The monoisotopic (exact) mass is 162 g/mol. The third-order valence-electron chi connectivity index (χ3n) is 1.44. The van der Waals surface area contributed by atoms with Crippen LogP contribution in [0.4, 0.5) is 0 Å². The summed E-state index contributed by atoms with van der Waals surface area (Å²) >= 11 is 0. The topological polar surface area (TPSA) is 27.0 Å². The van der Waals surface area contributed by atoms with E-state index in [1.165, 1.54) is 11.8 Å². The molecule has 2 nitrogen and oxygen atoms in total. The largest absolute Gasteiger partial charge is 0.381 e. The molecule has 0 aromatic carbocycles. The zero-order valence-corrected chi connectivity index (χ0v) is 7.78. The van der Waals surface area contributed by atoms with E-state index in [2.05, 4.69) is 0 Å². The van der Waals surface area contributed by atoms with Gasteiger partial charge in [-0.25, -0.2) is 0 Å². The maximum Gasteiger partial charge on any atom is 0.0912 e. The standard InChI is InChI=1S/C10H14N2/c1-10(12(2)3)8-6-4-5-7-9-11/h4-8H,1-3H3/b6-4-,7-5-,10-8-. The normalized spacial score (nSPS) is 12.3. The van der Waals surface area contributed by atoms with Crippen molar-refractivity contribution in [2.24, 2.45) is 0 Å². The maximum absolute atomic E-state index is 8.17. The molecule has 0 fully saturated rings. The van der Waals surface area contributed by atoms with Crippen LogP contribution in [-0.2, 0) is 0 Å². The second-order valence-electron chi connectivity index (χ2n) is 2.58. The van der Waals surface area contributed by atoms with Gasteiger partial charge in [0, 0.05) is 25.9 Å². The van der Waals surface area contributed by atoms with Crippen molar-refractivity contribution in [3.05, 3.63) is 36.1 Å². The molecule has 0 heterocycles. The minimum atomic E-state index is 1.18. The van der Waals surface area contributed by atoms with Crippen molar-refractivity contribution in [1.82, 2.24) is 4.90 Å². The van der Waals surface area contributed by atoms with E-state index in [9.17, 15) is 0 Å². The first-order chi connectivity index (χ1) is 5.68. The third-order valence-corrected chi connectivity index (χ3v) is 1.44. The maximum atomic E-state index is 8.17. The van der Waals surface area contributed by atoms with E-state index in [0.717, 1.165) is 0 Å². The fourth-order valence-corrected chi connectivity index (χ4v) is 0.507. The van der Waals surface area contributed by atoms with Gasteiger partial charge >= 0.3 is 0 Å². The molecule has 0 bridgehead atoms. The molecule has 0 aromatic rings. The highest BCUT2D eigenvalue weighted by atomic mass is 15.1. The summed E-state index contributed by atoms with van der Waals surface area (Å²) in [6.07, 6.45) is 8.87. The lowest BCUT2D eigenvalue weighted by molar-refractivity contribution is 0.514. The van der Waals surface area contributed by atoms with E-state index >= 15 is 0 Å². The van der Waals surface area contributed by atoms with Crippen molar-refractivity contribution >= 4 is 0 Å². The molecule has 0 amide bonds. The average Bonchev–Trinajstić information content (AvgIpc) is 2.03. The molecule has 0 N–H and O–H groups in total. The third kappa shape index (κ3) is 5.31. The Morgan fingerprint density at radius 1 is 1.25 bits per heavy atom. The van der Waals surface area contributed by atoms with Crippen molar-refractivity contribution in [2.75, 3.05) is 14.1 Å². The van der Waals surface area contributed by atoms with Gasteiger partial charge in [-0.2, -0.15) is 5.26 Å². The van der Waals surface area contributed by atoms with Crippen molar-refractivity contribution in [3.63, 3.8) is 0 Å². The number of nitriles is 1. The van der Waals surface area contributed by atoms with E-state index in [-0.39, 0.29) is 0 Å². The van der Waals surface area contributed by atoms with Crippen LogP contribution in [0.5, 0.6) is 0 Å². The fraction of sp³-hybridized carbons (Fsp3) is 0.300. The Kier molecular flexibility index (Phi) is 5.46. The molecule has 0 atom stereocenters. The van der Waals surface area contributed by atoms with Crippen LogP contribution in [0.1, 0.15) is 6.92 Å². The van der Waals surface area contributed by atoms with Crippen LogP contribution in [0, 0.1) is 11.3 Å². The molecule has 2 heteroatoms. The SMILES string of the molecule is C/C(=C/C=C\C=C/C#N)N(C)C. The van der Waals surface area contributed by atoms with Gasteiger partial charge in [0.15, 0.2) is 0 Å². The molecule has 0 spiro atoms. The summed E-state index contributed by atoms with van der Waals surface area (Å²) in [7, 11) is 3.98.